The molecule has 0 N–H and O–H groups in total. The van der Waals surface area contributed by atoms with Gasteiger partial charge in [-0.05, 0) is 0 Å². The zero-order chi connectivity index (χ0) is 58.4. The molecule has 0 amide bonds. The van der Waals surface area contributed by atoms with E-state index < -0.39 is 167 Å². The molecule has 1 aromatic carbocycles. The Bertz CT molecular complexity index is 1910. The van der Waals surface area contributed by atoms with Crippen LogP contribution in [0.5, 0.6) is 0 Å². The van der Waals surface area contributed by atoms with Crippen molar-refractivity contribution in [1.29, 1.82) is 5.26 Å². The van der Waals surface area contributed by atoms with Crippen LogP contribution >= 0.6 is 0 Å². The first-order valence-corrected chi connectivity index (χ1v) is 24.8. The number of rotatable bonds is 22. The third-order valence-corrected chi connectivity index (χ3v) is 25.2. The van der Waals surface area contributed by atoms with Crippen LogP contribution in [0.1, 0.15) is 24.8 Å². The van der Waals surface area contributed by atoms with Gasteiger partial charge in [0.15, 0.2) is 0 Å². The van der Waals surface area contributed by atoms with Crippen molar-refractivity contribution < 1.29 is 171 Å². The number of halogens is 39. The van der Waals surface area contributed by atoms with Gasteiger partial charge in [0.05, 0.1) is 0 Å². The van der Waals surface area contributed by atoms with E-state index in [-0.39, 0.29) is 18.2 Å². The van der Waals surface area contributed by atoms with Crippen LogP contribution < -0.4 is 3.58 Å². The molecule has 0 saturated heterocycles. The summed E-state index contributed by atoms with van der Waals surface area (Å²) in [5.41, 5.74) is -1.82. The standard InChI is InChI=1S/3C8H4F13.C7H4N.Sn/c3*1-2-3(9,10)4(11,12)5(13,14)6(15,16)7(17,18)8(19,20)21;8-6-7-4-2-1-3-5-7;/h3*1-2H2;1-4H;. The molecule has 0 aliphatic rings. The molecule has 0 aromatic heterocycles. The Kier molecular flexibility index (Phi) is 17.2. The minimum atomic E-state index is -8.92. The second kappa shape index (κ2) is 18.5. The number of benzene rings is 1. The summed E-state index contributed by atoms with van der Waals surface area (Å²) in [4.78, 5) is 0. The van der Waals surface area contributed by atoms with Crippen LogP contribution in [-0.4, -0.2) is 126 Å². The molecule has 0 spiro atoms. The fourth-order valence-electron chi connectivity index (χ4n) is 5.89. The van der Waals surface area contributed by atoms with Crippen molar-refractivity contribution in [3.05, 3.63) is 29.8 Å². The Balaban J connectivity index is 4.53. The van der Waals surface area contributed by atoms with E-state index in [1.807, 2.05) is 0 Å². The van der Waals surface area contributed by atoms with Crippen molar-refractivity contribution in [2.45, 2.75) is 140 Å². The van der Waals surface area contributed by atoms with Crippen LogP contribution in [0.4, 0.5) is 171 Å². The van der Waals surface area contributed by atoms with Crippen molar-refractivity contribution in [1.82, 2.24) is 0 Å². The Morgan fingerprint density at radius 2 is 0.486 bits per heavy atom. The summed E-state index contributed by atoms with van der Waals surface area (Å²) in [5.74, 6) is -128. The molecule has 1 nitrogen and oxygen atoms in total. The molecule has 72 heavy (non-hydrogen) atoms. The summed E-state index contributed by atoms with van der Waals surface area (Å²) in [5, 5.41) is 9.41. The third-order valence-electron chi connectivity index (χ3n) is 10.4. The van der Waals surface area contributed by atoms with Crippen molar-refractivity contribution in [3.8, 4) is 6.07 Å². The molecule has 0 atom stereocenters. The van der Waals surface area contributed by atoms with Crippen LogP contribution in [0.15, 0.2) is 24.3 Å². The summed E-state index contributed by atoms with van der Waals surface area (Å²) < 4.78 is 529. The van der Waals surface area contributed by atoms with Gasteiger partial charge in [0.1, 0.15) is 0 Å². The van der Waals surface area contributed by atoms with Crippen LogP contribution in [0.25, 0.3) is 0 Å². The number of nitrogens with zero attached hydrogens (tertiary/aromatic N) is 1. The van der Waals surface area contributed by atoms with Crippen molar-refractivity contribution >= 4 is 22.0 Å². The van der Waals surface area contributed by atoms with E-state index >= 15 is 26.3 Å². The zero-order valence-electron chi connectivity index (χ0n) is 32.7. The maximum atomic E-state index is 15.1. The molecule has 0 fully saturated rings. The molecular formula is C31H16F39NSn. The molecule has 41 heteroatoms. The summed E-state index contributed by atoms with van der Waals surface area (Å²) in [7, 11) is 0. The summed E-state index contributed by atoms with van der Waals surface area (Å²) in [6.07, 6.45) is -36.8. The minimum absolute atomic E-state index is 0.0526. The molecule has 0 unspecified atom stereocenters. The molecule has 0 saturated carbocycles. The topological polar surface area (TPSA) is 23.8 Å². The Labute approximate surface area is 374 Å². The van der Waals surface area contributed by atoms with Gasteiger partial charge in [-0.3, -0.25) is 0 Å². The number of hydrogen-bond donors (Lipinski definition) is 0. The predicted molar refractivity (Wildman–Crippen MR) is 157 cm³/mol. The molecular weight excluding hydrogens is 1250 g/mol. The average Bonchev–Trinajstić information content (AvgIpc) is 3.18. The van der Waals surface area contributed by atoms with Gasteiger partial charge in [-0.25, -0.2) is 0 Å². The molecule has 1 aromatic rings. The van der Waals surface area contributed by atoms with Crippen LogP contribution in [0.2, 0.25) is 13.3 Å². The second-order valence-corrected chi connectivity index (χ2v) is 28.1. The molecule has 0 radical (unpaired) electrons. The number of alkyl halides is 39. The Morgan fingerprint density at radius 1 is 0.292 bits per heavy atom. The van der Waals surface area contributed by atoms with Gasteiger partial charge in [0.2, 0.25) is 0 Å². The summed E-state index contributed by atoms with van der Waals surface area (Å²) in [6.45, 7) is 0. The Hall–Kier alpha value is -3.22. The quantitative estimate of drug-likeness (QED) is 0.0838. The number of nitriles is 1. The fourth-order valence-corrected chi connectivity index (χ4v) is 20.4. The van der Waals surface area contributed by atoms with Gasteiger partial charge in [-0.15, -0.1) is 0 Å². The van der Waals surface area contributed by atoms with Gasteiger partial charge in [-0.2, -0.15) is 0 Å². The van der Waals surface area contributed by atoms with E-state index in [1.54, 1.807) is 0 Å². The van der Waals surface area contributed by atoms with E-state index in [0.29, 0.717) is 12.1 Å². The SMILES string of the molecule is N#Cc1cccc[c]1[Sn]([CH2]CC(F)(F)C(F)(F)C(F)(F)C(F)(F)C(F)(F)C(F)(F)F)([CH2]CC(F)(F)C(F)(F)C(F)(F)C(F)(F)C(F)(F)C(F)(F)F)[CH2]CC(F)(F)C(F)(F)C(F)(F)C(F)(F)C(F)(F)C(F)(F)F. The van der Waals surface area contributed by atoms with E-state index in [4.69, 9.17) is 0 Å². The van der Waals surface area contributed by atoms with E-state index in [1.165, 1.54) is 0 Å². The van der Waals surface area contributed by atoms with E-state index in [0.717, 1.165) is 0 Å². The van der Waals surface area contributed by atoms with Crippen LogP contribution in [0.3, 0.4) is 0 Å². The van der Waals surface area contributed by atoms with Gasteiger partial charge in [0.25, 0.3) is 0 Å². The van der Waals surface area contributed by atoms with Crippen molar-refractivity contribution in [2.24, 2.45) is 0 Å². The van der Waals surface area contributed by atoms with Crippen molar-refractivity contribution in [3.63, 3.8) is 0 Å². The molecule has 0 heterocycles. The average molecular weight is 1260 g/mol. The van der Waals surface area contributed by atoms with E-state index in [2.05, 4.69) is 0 Å². The monoisotopic (exact) mass is 1260 g/mol. The summed E-state index contributed by atoms with van der Waals surface area (Å²) >= 11 is -8.44. The van der Waals surface area contributed by atoms with Gasteiger partial charge < -0.3 is 0 Å². The first-order chi connectivity index (χ1) is 30.9. The van der Waals surface area contributed by atoms with Gasteiger partial charge in [-0.1, -0.05) is 0 Å². The van der Waals surface area contributed by atoms with Gasteiger partial charge in [0, 0.05) is 0 Å². The molecule has 0 bridgehead atoms. The third kappa shape index (κ3) is 9.79. The first kappa shape index (κ1) is 66.8. The molecule has 1 rings (SSSR count). The fraction of sp³-hybridized carbons (Fsp3) is 0.774. The van der Waals surface area contributed by atoms with Gasteiger partial charge >= 0.3 is 374 Å². The Morgan fingerprint density at radius 3 is 0.681 bits per heavy atom. The zero-order valence-corrected chi connectivity index (χ0v) is 35.6. The second-order valence-electron chi connectivity index (χ2n) is 14.9. The van der Waals surface area contributed by atoms with Crippen LogP contribution in [-0.2, 0) is 0 Å². The van der Waals surface area contributed by atoms with E-state index in [9.17, 15) is 150 Å². The molecule has 0 aliphatic carbocycles. The summed E-state index contributed by atoms with van der Waals surface area (Å²) in [6, 6.07) is 0.626. The normalized spacial score (nSPS) is 16.3. The number of hydrogen-bond acceptors (Lipinski definition) is 1. The molecule has 422 valence electrons. The first-order valence-electron chi connectivity index (χ1n) is 17.3. The molecule has 0 aliphatic heterocycles. The predicted octanol–water partition coefficient (Wildman–Crippen LogP) is 15.6. The maximum absolute atomic E-state index is 15.1. The van der Waals surface area contributed by atoms with Crippen LogP contribution in [0, 0.1) is 11.3 Å². The van der Waals surface area contributed by atoms with Crippen molar-refractivity contribution in [2.75, 3.05) is 0 Å².